The van der Waals surface area contributed by atoms with Gasteiger partial charge in [-0.1, -0.05) is 0 Å². The average molecular weight is 278 g/mol. The molecule has 2 heterocycles. The van der Waals surface area contributed by atoms with Crippen LogP contribution in [0, 0.1) is 0 Å². The zero-order valence-electron chi connectivity index (χ0n) is 12.3. The van der Waals surface area contributed by atoms with Crippen molar-refractivity contribution < 1.29 is 4.74 Å². The fourth-order valence-electron chi connectivity index (χ4n) is 2.14. The predicted molar refractivity (Wildman–Crippen MR) is 78.3 cm³/mol. The van der Waals surface area contributed by atoms with Gasteiger partial charge in [-0.2, -0.15) is 0 Å². The smallest absolute Gasteiger partial charge is 0.165 e. The lowest BCUT2D eigenvalue weighted by atomic mass is 10.3. The number of aromatic nitrogens is 4. The van der Waals surface area contributed by atoms with Crippen molar-refractivity contribution >= 4 is 17.0 Å². The summed E-state index contributed by atoms with van der Waals surface area (Å²) in [5, 5.41) is 0. The molecule has 20 heavy (non-hydrogen) atoms. The topological polar surface area (TPSA) is 82.1 Å². The molecule has 0 fully saturated rings. The van der Waals surface area contributed by atoms with E-state index in [0.717, 1.165) is 31.8 Å². The Morgan fingerprint density at radius 2 is 2.20 bits per heavy atom. The summed E-state index contributed by atoms with van der Waals surface area (Å²) in [5.74, 6) is 0.430. The molecule has 0 spiro atoms. The zero-order valence-corrected chi connectivity index (χ0v) is 12.3. The Balaban J connectivity index is 1.92. The fourth-order valence-corrected chi connectivity index (χ4v) is 2.14. The van der Waals surface area contributed by atoms with Gasteiger partial charge in [-0.3, -0.25) is 0 Å². The quantitative estimate of drug-likeness (QED) is 0.805. The first-order valence-corrected chi connectivity index (χ1v) is 6.74. The molecule has 2 aromatic rings. The fraction of sp³-hybridized carbons (Fsp3) is 0.615. The van der Waals surface area contributed by atoms with E-state index in [-0.39, 0.29) is 0 Å². The molecule has 2 aromatic heterocycles. The Hall–Kier alpha value is -1.73. The van der Waals surface area contributed by atoms with E-state index in [1.54, 1.807) is 13.4 Å². The molecule has 110 valence electrons. The number of likely N-dealkylation sites (N-methyl/N-ethyl adjacent to an activating group) is 1. The second-order valence-electron chi connectivity index (χ2n) is 5.01. The van der Waals surface area contributed by atoms with Crippen LogP contribution in [0.5, 0.6) is 0 Å². The average Bonchev–Trinajstić information content (AvgIpc) is 2.84. The number of rotatable bonds is 7. The van der Waals surface area contributed by atoms with E-state index in [4.69, 9.17) is 10.5 Å². The molecule has 0 bridgehead atoms. The van der Waals surface area contributed by atoms with Gasteiger partial charge < -0.3 is 19.9 Å². The van der Waals surface area contributed by atoms with Crippen molar-refractivity contribution in [1.29, 1.82) is 0 Å². The van der Waals surface area contributed by atoms with Crippen molar-refractivity contribution in [1.82, 2.24) is 24.4 Å². The van der Waals surface area contributed by atoms with Crippen LogP contribution in [0.25, 0.3) is 11.2 Å². The summed E-state index contributed by atoms with van der Waals surface area (Å²) in [4.78, 5) is 14.7. The minimum atomic E-state index is 0.414. The molecule has 1 atom stereocenters. The van der Waals surface area contributed by atoms with E-state index in [1.807, 2.05) is 4.57 Å². The maximum absolute atomic E-state index is 5.77. The largest absolute Gasteiger partial charge is 0.383 e. The lowest BCUT2D eigenvalue weighted by molar-refractivity contribution is 0.114. The van der Waals surface area contributed by atoms with Crippen molar-refractivity contribution in [3.8, 4) is 0 Å². The van der Waals surface area contributed by atoms with Gasteiger partial charge in [-0.15, -0.1) is 0 Å². The molecule has 0 aliphatic heterocycles. The number of nitrogens with two attached hydrogens (primary N) is 1. The lowest BCUT2D eigenvalue weighted by Gasteiger charge is -2.23. The second kappa shape index (κ2) is 6.62. The number of nitrogens with zero attached hydrogens (tertiary/aromatic N) is 5. The first kappa shape index (κ1) is 14.7. The Morgan fingerprint density at radius 1 is 1.40 bits per heavy atom. The number of hydrogen-bond acceptors (Lipinski definition) is 6. The third-order valence-corrected chi connectivity index (χ3v) is 3.50. The van der Waals surface area contributed by atoms with Crippen molar-refractivity contribution in [2.75, 3.05) is 33.0 Å². The molecule has 0 saturated heterocycles. The van der Waals surface area contributed by atoms with Crippen LogP contribution < -0.4 is 5.73 Å². The van der Waals surface area contributed by atoms with E-state index in [2.05, 4.69) is 33.8 Å². The van der Waals surface area contributed by atoms with Gasteiger partial charge in [0.05, 0.1) is 12.9 Å². The summed E-state index contributed by atoms with van der Waals surface area (Å²) < 4.78 is 7.18. The molecule has 0 aliphatic rings. The monoisotopic (exact) mass is 278 g/mol. The molecule has 0 aliphatic carbocycles. The third kappa shape index (κ3) is 3.23. The maximum Gasteiger partial charge on any atom is 0.165 e. The molecular formula is C13H22N6O. The molecule has 7 heteroatoms. The van der Waals surface area contributed by atoms with Gasteiger partial charge in [0.2, 0.25) is 0 Å². The Kier molecular flexibility index (Phi) is 4.86. The van der Waals surface area contributed by atoms with Crippen LogP contribution in [0.2, 0.25) is 0 Å². The van der Waals surface area contributed by atoms with Gasteiger partial charge in [0, 0.05) is 19.7 Å². The minimum absolute atomic E-state index is 0.414. The number of ether oxygens (including phenoxy) is 1. The maximum atomic E-state index is 5.77. The van der Waals surface area contributed by atoms with Crippen LogP contribution in [0.15, 0.2) is 12.7 Å². The van der Waals surface area contributed by atoms with Gasteiger partial charge in [0.25, 0.3) is 0 Å². The molecule has 0 radical (unpaired) electrons. The normalized spacial score (nSPS) is 13.2. The predicted octanol–water partition coefficient (Wildman–Crippen LogP) is 0.765. The van der Waals surface area contributed by atoms with Crippen LogP contribution in [0.4, 0.5) is 5.82 Å². The number of hydrogen-bond donors (Lipinski definition) is 1. The van der Waals surface area contributed by atoms with Crippen molar-refractivity contribution in [3.63, 3.8) is 0 Å². The highest BCUT2D eigenvalue weighted by Gasteiger charge is 2.10. The molecule has 7 nitrogen and oxygen atoms in total. The Morgan fingerprint density at radius 3 is 2.95 bits per heavy atom. The minimum Gasteiger partial charge on any atom is -0.383 e. The van der Waals surface area contributed by atoms with Gasteiger partial charge in [0.1, 0.15) is 11.8 Å². The second-order valence-corrected chi connectivity index (χ2v) is 5.01. The van der Waals surface area contributed by atoms with Gasteiger partial charge >= 0.3 is 0 Å². The Labute approximate surface area is 118 Å². The highest BCUT2D eigenvalue weighted by molar-refractivity contribution is 5.80. The summed E-state index contributed by atoms with van der Waals surface area (Å²) in [5.41, 5.74) is 7.24. The molecule has 0 amide bonds. The van der Waals surface area contributed by atoms with Gasteiger partial charge in [-0.05, 0) is 26.9 Å². The van der Waals surface area contributed by atoms with Crippen LogP contribution in [0.3, 0.4) is 0 Å². The Bertz CT molecular complexity index is 555. The summed E-state index contributed by atoms with van der Waals surface area (Å²) >= 11 is 0. The van der Waals surface area contributed by atoms with E-state index in [9.17, 15) is 0 Å². The highest BCUT2D eigenvalue weighted by Crippen LogP contribution is 2.14. The van der Waals surface area contributed by atoms with Crippen molar-refractivity contribution in [2.45, 2.75) is 25.9 Å². The molecule has 0 aromatic carbocycles. The molecule has 2 rings (SSSR count). The van der Waals surface area contributed by atoms with Gasteiger partial charge in [0.15, 0.2) is 11.5 Å². The molecule has 2 N–H and O–H groups in total. The SMILES string of the molecule is COCC(C)N(C)CCCn1cnc2c(N)ncnc21. The summed E-state index contributed by atoms with van der Waals surface area (Å²) in [6.07, 6.45) is 4.26. The summed E-state index contributed by atoms with van der Waals surface area (Å²) in [7, 11) is 3.84. The number of aryl methyl sites for hydroxylation is 1. The lowest BCUT2D eigenvalue weighted by Crippen LogP contribution is -2.33. The summed E-state index contributed by atoms with van der Waals surface area (Å²) in [6.45, 7) is 4.75. The number of nitrogen functional groups attached to an aromatic ring is 1. The van der Waals surface area contributed by atoms with E-state index in [0.29, 0.717) is 17.4 Å². The van der Waals surface area contributed by atoms with Crippen LogP contribution in [-0.4, -0.2) is 57.8 Å². The number of anilines is 1. The van der Waals surface area contributed by atoms with Crippen LogP contribution in [-0.2, 0) is 11.3 Å². The molecule has 1 unspecified atom stereocenters. The number of methoxy groups -OCH3 is 1. The van der Waals surface area contributed by atoms with E-state index in [1.165, 1.54) is 6.33 Å². The van der Waals surface area contributed by atoms with E-state index >= 15 is 0 Å². The van der Waals surface area contributed by atoms with Crippen LogP contribution >= 0.6 is 0 Å². The molecular weight excluding hydrogens is 256 g/mol. The highest BCUT2D eigenvalue weighted by atomic mass is 16.5. The third-order valence-electron chi connectivity index (χ3n) is 3.50. The van der Waals surface area contributed by atoms with Crippen LogP contribution in [0.1, 0.15) is 13.3 Å². The zero-order chi connectivity index (χ0) is 14.5. The number of imidazole rings is 1. The van der Waals surface area contributed by atoms with Crippen molar-refractivity contribution in [2.24, 2.45) is 0 Å². The first-order chi connectivity index (χ1) is 9.63. The molecule has 0 saturated carbocycles. The van der Waals surface area contributed by atoms with Crippen molar-refractivity contribution in [3.05, 3.63) is 12.7 Å². The summed E-state index contributed by atoms with van der Waals surface area (Å²) in [6, 6.07) is 0.414. The van der Waals surface area contributed by atoms with E-state index < -0.39 is 0 Å². The standard InChI is InChI=1S/C13H22N6O/c1-10(7-20-3)18(2)5-4-6-19-9-17-11-12(14)15-8-16-13(11)19/h8-10H,4-7H2,1-3H3,(H2,14,15,16). The first-order valence-electron chi connectivity index (χ1n) is 6.74. The number of fused-ring (bicyclic) bond motifs is 1. The van der Waals surface area contributed by atoms with Gasteiger partial charge in [-0.25, -0.2) is 15.0 Å².